The van der Waals surface area contributed by atoms with Crippen LogP contribution in [0.2, 0.25) is 0 Å². The van der Waals surface area contributed by atoms with Crippen LogP contribution in [0.15, 0.2) is 36.0 Å². The van der Waals surface area contributed by atoms with Gasteiger partial charge in [-0.05, 0) is 52.0 Å². The van der Waals surface area contributed by atoms with Crippen LogP contribution < -0.4 is 5.32 Å². The van der Waals surface area contributed by atoms with E-state index in [9.17, 15) is 24.6 Å². The van der Waals surface area contributed by atoms with Crippen molar-refractivity contribution < 1.29 is 43.5 Å². The van der Waals surface area contributed by atoms with E-state index in [-0.39, 0.29) is 49.0 Å². The van der Waals surface area contributed by atoms with E-state index in [0.29, 0.717) is 12.8 Å². The lowest BCUT2D eigenvalue weighted by Crippen LogP contribution is -2.50. The van der Waals surface area contributed by atoms with Crippen LogP contribution in [0.1, 0.15) is 60.3 Å². The SMILES string of the molecule is COC(=O)C[C@@H]1C[C@@H](CO)[C@H](O)[C@@H](/C=C/C(C)=C/C[C@@H]2O[C@H](C)[C@H](NC(=O)/C=C\[C@H](C)OC(C)=O)C[C@@H]2C)O1. The minimum atomic E-state index is -0.873. The highest BCUT2D eigenvalue weighted by Crippen LogP contribution is 2.30. The fraction of sp³-hybridized carbons (Fsp3) is 0.690. The molecule has 0 aromatic carbocycles. The molecule has 39 heavy (non-hydrogen) atoms. The van der Waals surface area contributed by atoms with Gasteiger partial charge >= 0.3 is 11.9 Å². The lowest BCUT2D eigenvalue weighted by atomic mass is 9.87. The van der Waals surface area contributed by atoms with Gasteiger partial charge in [0.2, 0.25) is 5.91 Å². The lowest BCUT2D eigenvalue weighted by Gasteiger charge is -2.39. The van der Waals surface area contributed by atoms with Gasteiger partial charge in [-0.15, -0.1) is 0 Å². The third-order valence-electron chi connectivity index (χ3n) is 7.23. The maximum Gasteiger partial charge on any atom is 0.308 e. The highest BCUT2D eigenvalue weighted by atomic mass is 16.5. The molecular weight excluding hydrogens is 506 g/mol. The van der Waals surface area contributed by atoms with E-state index >= 15 is 0 Å². The van der Waals surface area contributed by atoms with Gasteiger partial charge in [-0.1, -0.05) is 30.7 Å². The Kier molecular flexibility index (Phi) is 13.3. The standard InChI is InChI=1S/C29H45NO9/c1-17(8-11-26-29(35)22(16-31)14-23(39-26)15-28(34)36-6)7-10-25-18(2)13-24(20(4)38-25)30-27(33)12-9-19(3)37-21(5)32/h7-9,11-12,18-20,22-26,29,31,35H,10,13-16H2,1-6H3,(H,30,33)/b11-8+,12-9-,17-7+/t18-,19-,20+,22-,23-,24+,25-,26+,29-/m0/s1. The molecule has 2 fully saturated rings. The van der Waals surface area contributed by atoms with Crippen molar-refractivity contribution in [3.63, 3.8) is 0 Å². The van der Waals surface area contributed by atoms with E-state index in [1.54, 1.807) is 19.1 Å². The maximum atomic E-state index is 12.3. The Hall–Kier alpha value is -2.53. The Balaban J connectivity index is 1.90. The lowest BCUT2D eigenvalue weighted by molar-refractivity contribution is -0.158. The van der Waals surface area contributed by atoms with E-state index in [1.165, 1.54) is 20.1 Å². The van der Waals surface area contributed by atoms with E-state index in [4.69, 9.17) is 18.9 Å². The predicted octanol–water partition coefficient (Wildman–Crippen LogP) is 2.38. The molecule has 0 spiro atoms. The Morgan fingerprint density at radius 3 is 2.49 bits per heavy atom. The van der Waals surface area contributed by atoms with Crippen molar-refractivity contribution >= 4 is 17.8 Å². The summed E-state index contributed by atoms with van der Waals surface area (Å²) in [5, 5.41) is 23.2. The zero-order chi connectivity index (χ0) is 29.1. The molecule has 0 radical (unpaired) electrons. The molecule has 220 valence electrons. The van der Waals surface area contributed by atoms with Crippen molar-refractivity contribution in [3.8, 4) is 0 Å². The number of amides is 1. The predicted molar refractivity (Wildman–Crippen MR) is 144 cm³/mol. The molecule has 1 amide bonds. The average molecular weight is 552 g/mol. The zero-order valence-corrected chi connectivity index (χ0v) is 23.9. The molecule has 3 N–H and O–H groups in total. The topological polar surface area (TPSA) is 141 Å². The largest absolute Gasteiger partial charge is 0.469 e. The molecule has 9 atom stereocenters. The van der Waals surface area contributed by atoms with E-state index in [2.05, 4.69) is 18.3 Å². The second-order valence-corrected chi connectivity index (χ2v) is 10.6. The van der Waals surface area contributed by atoms with Crippen LogP contribution >= 0.6 is 0 Å². The number of aliphatic hydroxyl groups excluding tert-OH is 2. The highest BCUT2D eigenvalue weighted by molar-refractivity contribution is 5.87. The van der Waals surface area contributed by atoms with E-state index in [0.717, 1.165) is 12.0 Å². The summed E-state index contributed by atoms with van der Waals surface area (Å²) in [5.41, 5.74) is 0.965. The summed E-state index contributed by atoms with van der Waals surface area (Å²) in [6, 6.07) is -0.134. The van der Waals surface area contributed by atoms with Gasteiger partial charge in [0, 0.05) is 25.5 Å². The zero-order valence-electron chi connectivity index (χ0n) is 23.9. The number of carbonyl (C=O) groups is 3. The first-order chi connectivity index (χ1) is 18.4. The first kappa shape index (κ1) is 32.7. The Bertz CT molecular complexity index is 914. The van der Waals surface area contributed by atoms with Crippen LogP contribution in [-0.4, -0.2) is 84.4 Å². The number of hydrogen-bond acceptors (Lipinski definition) is 9. The van der Waals surface area contributed by atoms with Gasteiger partial charge < -0.3 is 34.5 Å². The number of methoxy groups -OCH3 is 1. The molecule has 2 aliphatic heterocycles. The minimum absolute atomic E-state index is 0.0178. The van der Waals surface area contributed by atoms with Crippen LogP contribution in [0.4, 0.5) is 0 Å². The Morgan fingerprint density at radius 1 is 1.13 bits per heavy atom. The van der Waals surface area contributed by atoms with Gasteiger partial charge in [0.05, 0.1) is 44.0 Å². The van der Waals surface area contributed by atoms with Gasteiger partial charge in [0.25, 0.3) is 0 Å². The fourth-order valence-electron chi connectivity index (χ4n) is 4.93. The number of allylic oxidation sites excluding steroid dienone is 2. The van der Waals surface area contributed by atoms with Crippen LogP contribution in [0.5, 0.6) is 0 Å². The van der Waals surface area contributed by atoms with Gasteiger partial charge in [-0.25, -0.2) is 0 Å². The van der Waals surface area contributed by atoms with Crippen LogP contribution in [0, 0.1) is 11.8 Å². The summed E-state index contributed by atoms with van der Waals surface area (Å²) in [6.45, 7) is 8.80. The summed E-state index contributed by atoms with van der Waals surface area (Å²) in [5.74, 6) is -1.23. The van der Waals surface area contributed by atoms with Gasteiger partial charge in [-0.3, -0.25) is 14.4 Å². The molecule has 0 aromatic heterocycles. The van der Waals surface area contributed by atoms with Crippen LogP contribution in [-0.2, 0) is 33.3 Å². The molecule has 2 heterocycles. The van der Waals surface area contributed by atoms with Gasteiger partial charge in [0.15, 0.2) is 0 Å². The number of carbonyl (C=O) groups excluding carboxylic acids is 3. The number of ether oxygens (including phenoxy) is 4. The number of nitrogens with one attached hydrogen (secondary N) is 1. The Labute approximate surface area is 231 Å². The fourth-order valence-corrected chi connectivity index (χ4v) is 4.93. The molecule has 10 nitrogen and oxygen atoms in total. The van der Waals surface area contributed by atoms with E-state index < -0.39 is 36.4 Å². The molecule has 10 heteroatoms. The van der Waals surface area contributed by atoms with Crippen LogP contribution in [0.3, 0.4) is 0 Å². The molecular formula is C29H45NO9. The highest BCUT2D eigenvalue weighted by Gasteiger charge is 2.37. The number of esters is 2. The molecule has 2 saturated heterocycles. The molecule has 2 aliphatic rings. The molecule has 0 aromatic rings. The summed E-state index contributed by atoms with van der Waals surface area (Å²) < 4.78 is 21.9. The number of hydrogen-bond donors (Lipinski definition) is 3. The molecule has 2 rings (SSSR count). The summed E-state index contributed by atoms with van der Waals surface area (Å²) in [7, 11) is 1.32. The van der Waals surface area contributed by atoms with Crippen molar-refractivity contribution in [2.45, 2.75) is 103 Å². The molecule has 0 unspecified atom stereocenters. The second-order valence-electron chi connectivity index (χ2n) is 10.6. The van der Waals surface area contributed by atoms with Crippen LogP contribution in [0.25, 0.3) is 0 Å². The summed E-state index contributed by atoms with van der Waals surface area (Å²) >= 11 is 0. The van der Waals surface area contributed by atoms with Crippen molar-refractivity contribution in [2.24, 2.45) is 11.8 Å². The minimum Gasteiger partial charge on any atom is -0.469 e. The van der Waals surface area contributed by atoms with Crippen molar-refractivity contribution in [1.29, 1.82) is 0 Å². The number of aliphatic hydroxyl groups is 2. The molecule has 0 saturated carbocycles. The van der Waals surface area contributed by atoms with Crippen molar-refractivity contribution in [2.75, 3.05) is 13.7 Å². The van der Waals surface area contributed by atoms with Crippen molar-refractivity contribution in [1.82, 2.24) is 5.32 Å². The van der Waals surface area contributed by atoms with Gasteiger partial charge in [0.1, 0.15) is 12.2 Å². The van der Waals surface area contributed by atoms with Gasteiger partial charge in [-0.2, -0.15) is 0 Å². The third kappa shape index (κ3) is 10.9. The third-order valence-corrected chi connectivity index (χ3v) is 7.23. The maximum absolute atomic E-state index is 12.3. The summed E-state index contributed by atoms with van der Waals surface area (Å²) in [4.78, 5) is 35.0. The Morgan fingerprint density at radius 2 is 1.85 bits per heavy atom. The molecule has 0 bridgehead atoms. The monoisotopic (exact) mass is 551 g/mol. The molecule has 0 aliphatic carbocycles. The first-order valence-corrected chi connectivity index (χ1v) is 13.6. The average Bonchev–Trinajstić information content (AvgIpc) is 2.88. The quantitative estimate of drug-likeness (QED) is 0.200. The number of rotatable bonds is 11. The normalized spacial score (nSPS) is 32.7. The second kappa shape index (κ2) is 15.9. The summed E-state index contributed by atoms with van der Waals surface area (Å²) in [6.07, 6.45) is 7.88. The smallest absolute Gasteiger partial charge is 0.308 e. The van der Waals surface area contributed by atoms with E-state index in [1.807, 2.05) is 19.9 Å². The first-order valence-electron chi connectivity index (χ1n) is 13.6. The van der Waals surface area contributed by atoms with Crippen molar-refractivity contribution in [3.05, 3.63) is 36.0 Å².